The number of hydrogen-bond acceptors (Lipinski definition) is 2. The number of carbonyl (C=O) groups is 1. The summed E-state index contributed by atoms with van der Waals surface area (Å²) in [5.41, 5.74) is 7.82. The smallest absolute Gasteiger partial charge is 0.233 e. The Balaban J connectivity index is 2.37. The van der Waals surface area contributed by atoms with Crippen molar-refractivity contribution in [3.05, 3.63) is 35.4 Å². The lowest BCUT2D eigenvalue weighted by Gasteiger charge is -2.07. The van der Waals surface area contributed by atoms with Gasteiger partial charge in [0.05, 0.1) is 6.54 Å². The molecule has 0 aliphatic rings. The van der Waals surface area contributed by atoms with Gasteiger partial charge >= 0.3 is 0 Å². The molecule has 3 nitrogen and oxygen atoms in total. The van der Waals surface area contributed by atoms with Crippen LogP contribution in [-0.2, 0) is 17.6 Å². The summed E-state index contributed by atoms with van der Waals surface area (Å²) in [4.78, 5) is 10.9. The summed E-state index contributed by atoms with van der Waals surface area (Å²) in [5, 5.41) is 2.76. The highest BCUT2D eigenvalue weighted by atomic mass is 16.1. The first-order valence-corrected chi connectivity index (χ1v) is 6.16. The SMILES string of the molecule is CC(C)Cc1ccc(CCNC(=O)CN)cc1. The van der Waals surface area contributed by atoms with Crippen LogP contribution in [0.2, 0.25) is 0 Å². The Morgan fingerprint density at radius 1 is 1.24 bits per heavy atom. The summed E-state index contributed by atoms with van der Waals surface area (Å²) in [5.74, 6) is 0.589. The molecule has 0 bridgehead atoms. The maximum Gasteiger partial charge on any atom is 0.233 e. The summed E-state index contributed by atoms with van der Waals surface area (Å²) in [6, 6.07) is 8.60. The third-order valence-electron chi connectivity index (χ3n) is 2.59. The van der Waals surface area contributed by atoms with E-state index in [2.05, 4.69) is 43.4 Å². The molecule has 0 aliphatic heterocycles. The van der Waals surface area contributed by atoms with Crippen molar-refractivity contribution in [3.63, 3.8) is 0 Å². The standard InChI is InChI=1S/C14H22N2O/c1-11(2)9-13-5-3-12(4-6-13)7-8-16-14(17)10-15/h3-6,11H,7-10,15H2,1-2H3,(H,16,17). The Hall–Kier alpha value is -1.35. The average molecular weight is 234 g/mol. The topological polar surface area (TPSA) is 55.1 Å². The molecule has 3 heteroatoms. The summed E-state index contributed by atoms with van der Waals surface area (Å²) in [7, 11) is 0. The van der Waals surface area contributed by atoms with Crippen LogP contribution < -0.4 is 11.1 Å². The van der Waals surface area contributed by atoms with Crippen LogP contribution in [0.25, 0.3) is 0 Å². The van der Waals surface area contributed by atoms with E-state index in [1.54, 1.807) is 0 Å². The number of nitrogens with two attached hydrogens (primary N) is 1. The van der Waals surface area contributed by atoms with Crippen LogP contribution in [-0.4, -0.2) is 19.0 Å². The van der Waals surface area contributed by atoms with Crippen LogP contribution in [0.3, 0.4) is 0 Å². The molecule has 0 radical (unpaired) electrons. The maximum atomic E-state index is 10.9. The molecule has 17 heavy (non-hydrogen) atoms. The molecule has 0 saturated carbocycles. The highest BCUT2D eigenvalue weighted by Crippen LogP contribution is 2.09. The minimum Gasteiger partial charge on any atom is -0.355 e. The first-order chi connectivity index (χ1) is 8.11. The van der Waals surface area contributed by atoms with E-state index >= 15 is 0 Å². The van der Waals surface area contributed by atoms with E-state index in [9.17, 15) is 4.79 Å². The maximum absolute atomic E-state index is 10.9. The minimum absolute atomic E-state index is 0.0628. The average Bonchev–Trinajstić information content (AvgIpc) is 2.30. The first-order valence-electron chi connectivity index (χ1n) is 6.16. The predicted molar refractivity (Wildman–Crippen MR) is 70.8 cm³/mol. The number of nitrogens with one attached hydrogen (secondary N) is 1. The molecule has 0 spiro atoms. The van der Waals surface area contributed by atoms with Crippen LogP contribution in [0.4, 0.5) is 0 Å². The van der Waals surface area contributed by atoms with Crippen molar-refractivity contribution < 1.29 is 4.79 Å². The van der Waals surface area contributed by atoms with E-state index in [1.807, 2.05) is 0 Å². The second kappa shape index (κ2) is 7.07. The van der Waals surface area contributed by atoms with Crippen molar-refractivity contribution in [3.8, 4) is 0 Å². The lowest BCUT2D eigenvalue weighted by Crippen LogP contribution is -2.31. The summed E-state index contributed by atoms with van der Waals surface area (Å²) in [6.45, 7) is 5.15. The molecule has 0 aliphatic carbocycles. The monoisotopic (exact) mass is 234 g/mol. The Morgan fingerprint density at radius 2 is 1.82 bits per heavy atom. The number of carbonyl (C=O) groups excluding carboxylic acids is 1. The largest absolute Gasteiger partial charge is 0.355 e. The van der Waals surface area contributed by atoms with Crippen LogP contribution >= 0.6 is 0 Å². The molecule has 0 fully saturated rings. The molecule has 0 aromatic heterocycles. The fourth-order valence-electron chi connectivity index (χ4n) is 1.73. The molecule has 0 saturated heterocycles. The normalized spacial score (nSPS) is 10.6. The quantitative estimate of drug-likeness (QED) is 0.783. The van der Waals surface area contributed by atoms with E-state index in [4.69, 9.17) is 5.73 Å². The molecular weight excluding hydrogens is 212 g/mol. The highest BCUT2D eigenvalue weighted by Gasteiger charge is 1.99. The Morgan fingerprint density at radius 3 is 2.35 bits per heavy atom. The van der Waals surface area contributed by atoms with Gasteiger partial charge in [0.25, 0.3) is 0 Å². The molecule has 0 heterocycles. The van der Waals surface area contributed by atoms with E-state index in [0.717, 1.165) is 12.8 Å². The summed E-state index contributed by atoms with van der Waals surface area (Å²) < 4.78 is 0. The van der Waals surface area contributed by atoms with Gasteiger partial charge in [0.1, 0.15) is 0 Å². The lowest BCUT2D eigenvalue weighted by atomic mass is 10.0. The Kier molecular flexibility index (Phi) is 5.70. The van der Waals surface area contributed by atoms with Gasteiger partial charge in [-0.25, -0.2) is 0 Å². The van der Waals surface area contributed by atoms with Crippen molar-refractivity contribution in [2.45, 2.75) is 26.7 Å². The van der Waals surface area contributed by atoms with Gasteiger partial charge in [0.15, 0.2) is 0 Å². The highest BCUT2D eigenvalue weighted by molar-refractivity contribution is 5.77. The van der Waals surface area contributed by atoms with Crippen LogP contribution in [0, 0.1) is 5.92 Å². The third kappa shape index (κ3) is 5.50. The van der Waals surface area contributed by atoms with Gasteiger partial charge in [-0.15, -0.1) is 0 Å². The second-order valence-electron chi connectivity index (χ2n) is 4.72. The van der Waals surface area contributed by atoms with E-state index in [-0.39, 0.29) is 12.5 Å². The zero-order valence-electron chi connectivity index (χ0n) is 10.7. The van der Waals surface area contributed by atoms with Crippen LogP contribution in [0.1, 0.15) is 25.0 Å². The zero-order chi connectivity index (χ0) is 12.7. The summed E-state index contributed by atoms with van der Waals surface area (Å²) >= 11 is 0. The molecule has 0 atom stereocenters. The molecule has 0 unspecified atom stereocenters. The molecule has 94 valence electrons. The second-order valence-corrected chi connectivity index (χ2v) is 4.72. The van der Waals surface area contributed by atoms with Crippen LogP contribution in [0.5, 0.6) is 0 Å². The Bertz CT molecular complexity index is 344. The molecule has 3 N–H and O–H groups in total. The van der Waals surface area contributed by atoms with Gasteiger partial charge < -0.3 is 11.1 Å². The van der Waals surface area contributed by atoms with Crippen molar-refractivity contribution in [1.82, 2.24) is 5.32 Å². The first kappa shape index (κ1) is 13.7. The van der Waals surface area contributed by atoms with Gasteiger partial charge in [-0.05, 0) is 29.9 Å². The number of benzene rings is 1. The molecule has 1 amide bonds. The molecule has 1 rings (SSSR count). The van der Waals surface area contributed by atoms with Gasteiger partial charge in [0.2, 0.25) is 5.91 Å². The lowest BCUT2D eigenvalue weighted by molar-refractivity contribution is -0.119. The fourth-order valence-corrected chi connectivity index (χ4v) is 1.73. The van der Waals surface area contributed by atoms with E-state index in [1.165, 1.54) is 11.1 Å². The van der Waals surface area contributed by atoms with E-state index < -0.39 is 0 Å². The van der Waals surface area contributed by atoms with Gasteiger partial charge in [0, 0.05) is 6.54 Å². The van der Waals surface area contributed by atoms with E-state index in [0.29, 0.717) is 12.5 Å². The number of rotatable bonds is 6. The molecular formula is C14H22N2O. The van der Waals surface area contributed by atoms with Gasteiger partial charge in [-0.1, -0.05) is 38.1 Å². The van der Waals surface area contributed by atoms with Crippen molar-refractivity contribution in [2.75, 3.05) is 13.1 Å². The van der Waals surface area contributed by atoms with Gasteiger partial charge in [-0.2, -0.15) is 0 Å². The van der Waals surface area contributed by atoms with Crippen molar-refractivity contribution in [1.29, 1.82) is 0 Å². The van der Waals surface area contributed by atoms with Crippen molar-refractivity contribution in [2.24, 2.45) is 11.7 Å². The zero-order valence-corrected chi connectivity index (χ0v) is 10.7. The third-order valence-corrected chi connectivity index (χ3v) is 2.59. The Labute approximate surface area is 103 Å². The van der Waals surface area contributed by atoms with Crippen molar-refractivity contribution >= 4 is 5.91 Å². The molecule has 1 aromatic rings. The summed E-state index contributed by atoms with van der Waals surface area (Å²) in [6.07, 6.45) is 1.97. The fraction of sp³-hybridized carbons (Fsp3) is 0.500. The predicted octanol–water partition coefficient (Wildman–Crippen LogP) is 1.50. The number of amides is 1. The molecule has 1 aromatic carbocycles. The van der Waals surface area contributed by atoms with Crippen LogP contribution in [0.15, 0.2) is 24.3 Å². The minimum atomic E-state index is -0.0959. The van der Waals surface area contributed by atoms with Gasteiger partial charge in [-0.3, -0.25) is 4.79 Å². The number of hydrogen-bond donors (Lipinski definition) is 2.